The molecule has 0 bridgehead atoms. The molecule has 2 rings (SSSR count). The maximum atomic E-state index is 12.9. The summed E-state index contributed by atoms with van der Waals surface area (Å²) in [5.41, 5.74) is -0.210. The predicted octanol–water partition coefficient (Wildman–Crippen LogP) is 2.49. The minimum absolute atomic E-state index is 0.134. The number of ketones is 1. The molecule has 1 atom stereocenters. The number of Topliss-reactive ketones (excluding diaryl/α,β-unsaturated/α-hetero) is 1. The molecule has 0 aromatic heterocycles. The van der Waals surface area contributed by atoms with Crippen molar-refractivity contribution >= 4 is 5.78 Å². The Labute approximate surface area is 111 Å². The molecule has 3 heteroatoms. The van der Waals surface area contributed by atoms with Crippen LogP contribution in [0.15, 0.2) is 0 Å². The molecule has 1 aliphatic heterocycles. The average Bonchev–Trinajstić information content (AvgIpc) is 2.40. The Morgan fingerprint density at radius 2 is 1.89 bits per heavy atom. The summed E-state index contributed by atoms with van der Waals surface area (Å²) in [6, 6.07) is 0. The van der Waals surface area contributed by atoms with E-state index in [1.54, 1.807) is 0 Å². The SMILES string of the molecule is CC1CCC(C(=O)C2CCCOC2)(N(C)C)CC1. The average molecular weight is 253 g/mol. The van der Waals surface area contributed by atoms with Crippen molar-refractivity contribution in [1.82, 2.24) is 4.90 Å². The first-order valence-electron chi connectivity index (χ1n) is 7.36. The standard InChI is InChI=1S/C15H27NO2/c1-12-6-8-15(9-7-12,16(2)3)14(17)13-5-4-10-18-11-13/h12-13H,4-11H2,1-3H3. The molecule has 3 nitrogen and oxygen atoms in total. The van der Waals surface area contributed by atoms with Gasteiger partial charge in [0, 0.05) is 12.5 Å². The van der Waals surface area contributed by atoms with Crippen LogP contribution in [0.1, 0.15) is 45.4 Å². The first-order chi connectivity index (χ1) is 8.56. The van der Waals surface area contributed by atoms with E-state index < -0.39 is 0 Å². The first kappa shape index (κ1) is 14.0. The van der Waals surface area contributed by atoms with Gasteiger partial charge in [0.2, 0.25) is 0 Å². The monoisotopic (exact) mass is 253 g/mol. The topological polar surface area (TPSA) is 29.5 Å². The van der Waals surface area contributed by atoms with E-state index in [4.69, 9.17) is 4.74 Å². The van der Waals surface area contributed by atoms with E-state index in [1.165, 1.54) is 12.8 Å². The molecule has 1 saturated carbocycles. The van der Waals surface area contributed by atoms with Gasteiger partial charge in [0.1, 0.15) is 0 Å². The van der Waals surface area contributed by atoms with Gasteiger partial charge < -0.3 is 4.74 Å². The summed E-state index contributed by atoms with van der Waals surface area (Å²) in [5, 5.41) is 0. The van der Waals surface area contributed by atoms with E-state index in [0.29, 0.717) is 12.4 Å². The van der Waals surface area contributed by atoms with E-state index in [9.17, 15) is 4.79 Å². The van der Waals surface area contributed by atoms with Gasteiger partial charge in [-0.05, 0) is 58.5 Å². The van der Waals surface area contributed by atoms with E-state index in [2.05, 4.69) is 25.9 Å². The highest BCUT2D eigenvalue weighted by molar-refractivity contribution is 5.90. The number of carbonyl (C=O) groups is 1. The van der Waals surface area contributed by atoms with Crippen molar-refractivity contribution in [1.29, 1.82) is 0 Å². The second-order valence-corrected chi connectivity index (χ2v) is 6.39. The van der Waals surface area contributed by atoms with Crippen LogP contribution in [0.5, 0.6) is 0 Å². The molecule has 1 unspecified atom stereocenters. The van der Waals surface area contributed by atoms with Crippen LogP contribution in [0.25, 0.3) is 0 Å². The van der Waals surface area contributed by atoms with Crippen molar-refractivity contribution in [3.8, 4) is 0 Å². The summed E-state index contributed by atoms with van der Waals surface area (Å²) in [4.78, 5) is 15.1. The number of hydrogen-bond acceptors (Lipinski definition) is 3. The number of carbonyl (C=O) groups excluding carboxylic acids is 1. The lowest BCUT2D eigenvalue weighted by Gasteiger charge is -2.45. The third-order valence-electron chi connectivity index (χ3n) is 4.95. The zero-order chi connectivity index (χ0) is 13.2. The second kappa shape index (κ2) is 5.70. The van der Waals surface area contributed by atoms with E-state index in [1.807, 2.05) is 0 Å². The Hall–Kier alpha value is -0.410. The maximum Gasteiger partial charge on any atom is 0.158 e. The summed E-state index contributed by atoms with van der Waals surface area (Å²) in [5.74, 6) is 1.35. The van der Waals surface area contributed by atoms with Crippen LogP contribution in [0, 0.1) is 11.8 Å². The van der Waals surface area contributed by atoms with E-state index in [-0.39, 0.29) is 11.5 Å². The van der Waals surface area contributed by atoms with Gasteiger partial charge in [-0.1, -0.05) is 6.92 Å². The Morgan fingerprint density at radius 3 is 2.39 bits per heavy atom. The molecule has 0 N–H and O–H groups in total. The van der Waals surface area contributed by atoms with Crippen molar-refractivity contribution in [3.63, 3.8) is 0 Å². The molecule has 0 aromatic rings. The summed E-state index contributed by atoms with van der Waals surface area (Å²) >= 11 is 0. The fraction of sp³-hybridized carbons (Fsp3) is 0.933. The molecule has 0 amide bonds. The van der Waals surface area contributed by atoms with Crippen molar-refractivity contribution in [2.45, 2.75) is 51.0 Å². The van der Waals surface area contributed by atoms with Crippen molar-refractivity contribution in [3.05, 3.63) is 0 Å². The lowest BCUT2D eigenvalue weighted by Crippen LogP contribution is -2.56. The number of ether oxygens (including phenoxy) is 1. The van der Waals surface area contributed by atoms with Gasteiger partial charge in [-0.25, -0.2) is 0 Å². The molecule has 0 radical (unpaired) electrons. The largest absolute Gasteiger partial charge is 0.381 e. The summed E-state index contributed by atoms with van der Waals surface area (Å²) < 4.78 is 5.50. The molecule has 18 heavy (non-hydrogen) atoms. The van der Waals surface area contributed by atoms with Crippen LogP contribution in [0.4, 0.5) is 0 Å². The first-order valence-corrected chi connectivity index (χ1v) is 7.36. The second-order valence-electron chi connectivity index (χ2n) is 6.39. The van der Waals surface area contributed by atoms with Gasteiger partial charge in [-0.15, -0.1) is 0 Å². The van der Waals surface area contributed by atoms with Gasteiger partial charge in [-0.3, -0.25) is 9.69 Å². The fourth-order valence-corrected chi connectivity index (χ4v) is 3.48. The smallest absolute Gasteiger partial charge is 0.158 e. The van der Waals surface area contributed by atoms with Crippen LogP contribution >= 0.6 is 0 Å². The number of nitrogens with zero attached hydrogens (tertiary/aromatic N) is 1. The van der Waals surface area contributed by atoms with Crippen molar-refractivity contribution in [2.75, 3.05) is 27.3 Å². The number of rotatable bonds is 3. The van der Waals surface area contributed by atoms with Gasteiger partial charge in [0.25, 0.3) is 0 Å². The quantitative estimate of drug-likeness (QED) is 0.774. The van der Waals surface area contributed by atoms with Crippen LogP contribution in [-0.4, -0.2) is 43.5 Å². The molecule has 0 aromatic carbocycles. The lowest BCUT2D eigenvalue weighted by molar-refractivity contribution is -0.140. The molecule has 2 fully saturated rings. The van der Waals surface area contributed by atoms with Crippen LogP contribution < -0.4 is 0 Å². The highest BCUT2D eigenvalue weighted by Gasteiger charge is 2.45. The highest BCUT2D eigenvalue weighted by atomic mass is 16.5. The third-order valence-corrected chi connectivity index (χ3v) is 4.95. The molecule has 1 aliphatic carbocycles. The Morgan fingerprint density at radius 1 is 1.22 bits per heavy atom. The van der Waals surface area contributed by atoms with Gasteiger partial charge in [-0.2, -0.15) is 0 Å². The Bertz CT molecular complexity index is 287. The normalized spacial score (nSPS) is 37.8. The fourth-order valence-electron chi connectivity index (χ4n) is 3.48. The molecule has 0 spiro atoms. The van der Waals surface area contributed by atoms with Crippen molar-refractivity contribution < 1.29 is 9.53 Å². The molecule has 1 saturated heterocycles. The molecule has 2 aliphatic rings. The molecular weight excluding hydrogens is 226 g/mol. The lowest BCUT2D eigenvalue weighted by atomic mass is 9.70. The Balaban J connectivity index is 2.11. The summed E-state index contributed by atoms with van der Waals surface area (Å²) in [6.07, 6.45) is 6.46. The minimum atomic E-state index is -0.210. The third kappa shape index (κ3) is 2.62. The number of likely N-dealkylation sites (N-methyl/N-ethyl adjacent to an activating group) is 1. The predicted molar refractivity (Wildman–Crippen MR) is 72.6 cm³/mol. The molecule has 1 heterocycles. The Kier molecular flexibility index (Phi) is 4.44. The van der Waals surface area contributed by atoms with Crippen molar-refractivity contribution in [2.24, 2.45) is 11.8 Å². The molecular formula is C15H27NO2. The van der Waals surface area contributed by atoms with Crippen LogP contribution in [-0.2, 0) is 9.53 Å². The van der Waals surface area contributed by atoms with Crippen LogP contribution in [0.3, 0.4) is 0 Å². The zero-order valence-corrected chi connectivity index (χ0v) is 12.1. The van der Waals surface area contributed by atoms with E-state index >= 15 is 0 Å². The van der Waals surface area contributed by atoms with E-state index in [0.717, 1.165) is 38.2 Å². The maximum absolute atomic E-state index is 12.9. The molecule has 104 valence electrons. The summed E-state index contributed by atoms with van der Waals surface area (Å²) in [7, 11) is 4.13. The minimum Gasteiger partial charge on any atom is -0.381 e. The van der Waals surface area contributed by atoms with Gasteiger partial charge >= 0.3 is 0 Å². The highest BCUT2D eigenvalue weighted by Crippen LogP contribution is 2.38. The zero-order valence-electron chi connectivity index (χ0n) is 12.1. The van der Waals surface area contributed by atoms with Crippen LogP contribution in [0.2, 0.25) is 0 Å². The van der Waals surface area contributed by atoms with Gasteiger partial charge in [0.05, 0.1) is 12.1 Å². The van der Waals surface area contributed by atoms with Gasteiger partial charge in [0.15, 0.2) is 5.78 Å². The summed E-state index contributed by atoms with van der Waals surface area (Å²) in [6.45, 7) is 3.77. The number of hydrogen-bond donors (Lipinski definition) is 0.